The Morgan fingerprint density at radius 2 is 1.97 bits per heavy atom. The van der Waals surface area contributed by atoms with E-state index in [-0.39, 0.29) is 17.2 Å². The number of carbonyl (C=O) groups is 1. The molecule has 1 aliphatic rings. The number of rotatable bonds is 7. The molecule has 0 spiro atoms. The second-order valence-corrected chi connectivity index (χ2v) is 8.97. The summed E-state index contributed by atoms with van der Waals surface area (Å²) < 4.78 is 7.08. The summed E-state index contributed by atoms with van der Waals surface area (Å²) in [5.41, 5.74) is 2.14. The highest BCUT2D eigenvalue weighted by Gasteiger charge is 2.16. The van der Waals surface area contributed by atoms with Crippen molar-refractivity contribution in [3.63, 3.8) is 0 Å². The number of hydrogen-bond donors (Lipinski definition) is 1. The second kappa shape index (κ2) is 10.5. The quantitative estimate of drug-likeness (QED) is 0.419. The molecule has 0 unspecified atom stereocenters. The number of ether oxygens (including phenoxy) is 1. The van der Waals surface area contributed by atoms with Crippen LogP contribution >= 0.6 is 23.4 Å². The van der Waals surface area contributed by atoms with Gasteiger partial charge in [-0.2, -0.15) is 0 Å². The van der Waals surface area contributed by atoms with Crippen molar-refractivity contribution in [2.24, 2.45) is 0 Å². The highest BCUT2D eigenvalue weighted by atomic mass is 35.5. The van der Waals surface area contributed by atoms with Gasteiger partial charge in [0.1, 0.15) is 0 Å². The molecular formula is C23H25ClN4O3S. The highest BCUT2D eigenvalue weighted by molar-refractivity contribution is 7.99. The van der Waals surface area contributed by atoms with Gasteiger partial charge in [0.25, 0.3) is 5.56 Å². The number of nitrogens with zero attached hydrogens (tertiary/aromatic N) is 3. The Hall–Kier alpha value is -2.39. The third kappa shape index (κ3) is 5.50. The van der Waals surface area contributed by atoms with E-state index in [0.29, 0.717) is 46.5 Å². The van der Waals surface area contributed by atoms with E-state index >= 15 is 0 Å². The first-order chi connectivity index (χ1) is 15.5. The molecule has 0 radical (unpaired) electrons. The Balaban J connectivity index is 1.51. The lowest BCUT2D eigenvalue weighted by Crippen LogP contribution is -2.39. The molecule has 1 aromatic heterocycles. The van der Waals surface area contributed by atoms with E-state index in [9.17, 15) is 9.59 Å². The molecule has 1 aliphatic heterocycles. The molecule has 168 valence electrons. The standard InChI is InChI=1S/C23H25ClN4O3S/c1-16-6-7-17(14-19(16)24)25-21(29)15-32-23-26-20-5-3-2-4-18(20)22(30)28(23)9-8-27-10-12-31-13-11-27/h2-7,14H,8-13,15H2,1H3,(H,25,29). The smallest absolute Gasteiger partial charge is 0.262 e. The number of fused-ring (bicyclic) bond motifs is 1. The van der Waals surface area contributed by atoms with Gasteiger partial charge in [-0.05, 0) is 36.8 Å². The normalized spacial score (nSPS) is 14.6. The van der Waals surface area contributed by atoms with Crippen molar-refractivity contribution < 1.29 is 9.53 Å². The predicted molar refractivity (Wildman–Crippen MR) is 129 cm³/mol. The molecule has 2 heterocycles. The lowest BCUT2D eigenvalue weighted by atomic mass is 10.2. The number of amides is 1. The van der Waals surface area contributed by atoms with Crippen LogP contribution in [0, 0.1) is 6.92 Å². The highest BCUT2D eigenvalue weighted by Crippen LogP contribution is 2.21. The van der Waals surface area contributed by atoms with Crippen LogP contribution < -0.4 is 10.9 Å². The zero-order valence-electron chi connectivity index (χ0n) is 17.8. The third-order valence-corrected chi connectivity index (χ3v) is 6.74. The molecule has 1 fully saturated rings. The Morgan fingerprint density at radius 3 is 2.75 bits per heavy atom. The van der Waals surface area contributed by atoms with Crippen molar-refractivity contribution in [2.45, 2.75) is 18.6 Å². The van der Waals surface area contributed by atoms with Crippen LogP contribution in [0.1, 0.15) is 5.56 Å². The largest absolute Gasteiger partial charge is 0.379 e. The number of para-hydroxylation sites is 1. The van der Waals surface area contributed by atoms with Crippen molar-refractivity contribution >= 4 is 45.9 Å². The van der Waals surface area contributed by atoms with Gasteiger partial charge in [0.2, 0.25) is 5.91 Å². The maximum Gasteiger partial charge on any atom is 0.262 e. The molecule has 4 rings (SSSR count). The number of anilines is 1. The minimum Gasteiger partial charge on any atom is -0.379 e. The Bertz CT molecular complexity index is 1180. The maximum atomic E-state index is 13.2. The van der Waals surface area contributed by atoms with Crippen molar-refractivity contribution in [2.75, 3.05) is 43.9 Å². The summed E-state index contributed by atoms with van der Waals surface area (Å²) in [6, 6.07) is 12.7. The molecule has 2 aromatic carbocycles. The average Bonchev–Trinajstić information content (AvgIpc) is 2.80. The molecule has 7 nitrogen and oxygen atoms in total. The maximum absolute atomic E-state index is 13.2. The number of aromatic nitrogens is 2. The summed E-state index contributed by atoms with van der Waals surface area (Å²) in [4.78, 5) is 32.7. The third-order valence-electron chi connectivity index (χ3n) is 5.36. The summed E-state index contributed by atoms with van der Waals surface area (Å²) in [5.74, 6) is -0.0505. The first kappa shape index (κ1) is 22.8. The van der Waals surface area contributed by atoms with Gasteiger partial charge in [-0.3, -0.25) is 19.1 Å². The number of nitrogens with one attached hydrogen (secondary N) is 1. The molecular weight excluding hydrogens is 448 g/mol. The minimum atomic E-state index is -0.183. The zero-order chi connectivity index (χ0) is 22.5. The van der Waals surface area contributed by atoms with E-state index in [2.05, 4.69) is 15.2 Å². The van der Waals surface area contributed by atoms with E-state index in [1.165, 1.54) is 11.8 Å². The number of morpholine rings is 1. The van der Waals surface area contributed by atoms with Crippen LogP contribution in [0.15, 0.2) is 52.4 Å². The fourth-order valence-electron chi connectivity index (χ4n) is 3.52. The fourth-order valence-corrected chi connectivity index (χ4v) is 4.52. The van der Waals surface area contributed by atoms with Gasteiger partial charge < -0.3 is 10.1 Å². The van der Waals surface area contributed by atoms with Crippen LogP contribution in [-0.2, 0) is 16.1 Å². The lowest BCUT2D eigenvalue weighted by molar-refractivity contribution is -0.113. The molecule has 0 atom stereocenters. The fraction of sp³-hybridized carbons (Fsp3) is 0.348. The molecule has 0 saturated carbocycles. The molecule has 9 heteroatoms. The van der Waals surface area contributed by atoms with Gasteiger partial charge in [-0.25, -0.2) is 4.98 Å². The molecule has 1 amide bonds. The van der Waals surface area contributed by atoms with E-state index < -0.39 is 0 Å². The SMILES string of the molecule is Cc1ccc(NC(=O)CSc2nc3ccccc3c(=O)n2CCN2CCOCC2)cc1Cl. The number of halogens is 1. The Kier molecular flexibility index (Phi) is 7.47. The van der Waals surface area contributed by atoms with Gasteiger partial charge >= 0.3 is 0 Å². The Morgan fingerprint density at radius 1 is 1.19 bits per heavy atom. The summed E-state index contributed by atoms with van der Waals surface area (Å²) in [5, 5.41) is 4.58. The molecule has 0 bridgehead atoms. The molecule has 1 N–H and O–H groups in total. The molecule has 1 saturated heterocycles. The number of thioether (sulfide) groups is 1. The van der Waals surface area contributed by atoms with Crippen molar-refractivity contribution in [1.29, 1.82) is 0 Å². The molecule has 3 aromatic rings. The van der Waals surface area contributed by atoms with Crippen LogP contribution in [0.25, 0.3) is 10.9 Å². The predicted octanol–water partition coefficient (Wildman–Crippen LogP) is 3.42. The van der Waals surface area contributed by atoms with Crippen molar-refractivity contribution in [3.05, 3.63) is 63.4 Å². The summed E-state index contributed by atoms with van der Waals surface area (Å²) in [6.45, 7) is 6.25. The van der Waals surface area contributed by atoms with Gasteiger partial charge in [-0.15, -0.1) is 0 Å². The van der Waals surface area contributed by atoms with Crippen molar-refractivity contribution in [3.8, 4) is 0 Å². The van der Waals surface area contributed by atoms with E-state index in [1.54, 1.807) is 16.7 Å². The average molecular weight is 473 g/mol. The van der Waals surface area contributed by atoms with E-state index in [0.717, 1.165) is 25.2 Å². The summed E-state index contributed by atoms with van der Waals surface area (Å²) >= 11 is 7.41. The van der Waals surface area contributed by atoms with Gasteiger partial charge in [0.15, 0.2) is 5.16 Å². The zero-order valence-corrected chi connectivity index (χ0v) is 19.4. The summed E-state index contributed by atoms with van der Waals surface area (Å²) in [6.07, 6.45) is 0. The number of carbonyl (C=O) groups excluding carboxylic acids is 1. The number of benzene rings is 2. The van der Waals surface area contributed by atoms with E-state index in [4.69, 9.17) is 16.3 Å². The molecule has 32 heavy (non-hydrogen) atoms. The second-order valence-electron chi connectivity index (χ2n) is 7.62. The van der Waals surface area contributed by atoms with Crippen LogP contribution in [0.3, 0.4) is 0 Å². The van der Waals surface area contributed by atoms with Crippen LogP contribution in [0.5, 0.6) is 0 Å². The number of aryl methyl sites for hydroxylation is 1. The van der Waals surface area contributed by atoms with Gasteiger partial charge in [0, 0.05) is 36.9 Å². The van der Waals surface area contributed by atoms with Gasteiger partial charge in [0.05, 0.1) is 29.9 Å². The topological polar surface area (TPSA) is 76.5 Å². The first-order valence-corrected chi connectivity index (χ1v) is 11.9. The summed E-state index contributed by atoms with van der Waals surface area (Å²) in [7, 11) is 0. The monoisotopic (exact) mass is 472 g/mol. The molecule has 0 aliphatic carbocycles. The minimum absolute atomic E-state index is 0.0860. The van der Waals surface area contributed by atoms with Crippen LogP contribution in [0.4, 0.5) is 5.69 Å². The Labute approximate surface area is 195 Å². The van der Waals surface area contributed by atoms with Crippen LogP contribution in [-0.4, -0.2) is 59.0 Å². The van der Waals surface area contributed by atoms with Crippen LogP contribution in [0.2, 0.25) is 5.02 Å². The lowest BCUT2D eigenvalue weighted by Gasteiger charge is -2.27. The number of hydrogen-bond acceptors (Lipinski definition) is 6. The van der Waals surface area contributed by atoms with Crippen molar-refractivity contribution in [1.82, 2.24) is 14.5 Å². The van der Waals surface area contributed by atoms with Gasteiger partial charge in [-0.1, -0.05) is 41.6 Å². The first-order valence-electron chi connectivity index (χ1n) is 10.5. The van der Waals surface area contributed by atoms with E-state index in [1.807, 2.05) is 37.3 Å².